The van der Waals surface area contributed by atoms with Crippen molar-refractivity contribution in [2.45, 2.75) is 26.9 Å². The van der Waals surface area contributed by atoms with Gasteiger partial charge in [-0.15, -0.1) is 11.3 Å². The number of benzene rings is 2. The maximum Gasteiger partial charge on any atom is 0.246 e. The van der Waals surface area contributed by atoms with E-state index < -0.39 is 0 Å². The lowest BCUT2D eigenvalue weighted by molar-refractivity contribution is -0.120. The SMILES string of the molecule is Cc1ccc(COc2ccc(/C=N\NC(=O)Cc3nc(C)cs3)cc2)cc1. The molecule has 1 N–H and O–H groups in total. The fourth-order valence-electron chi connectivity index (χ4n) is 2.34. The van der Waals surface area contributed by atoms with Gasteiger partial charge < -0.3 is 4.74 Å². The molecule has 0 fully saturated rings. The van der Waals surface area contributed by atoms with Crippen LogP contribution in [0, 0.1) is 13.8 Å². The zero-order valence-corrected chi connectivity index (χ0v) is 16.1. The number of hydrogen-bond acceptors (Lipinski definition) is 5. The van der Waals surface area contributed by atoms with Gasteiger partial charge in [0.05, 0.1) is 12.6 Å². The maximum absolute atomic E-state index is 11.8. The molecular formula is C21H21N3O2S. The van der Waals surface area contributed by atoms with Crippen molar-refractivity contribution in [3.63, 3.8) is 0 Å². The molecule has 0 atom stereocenters. The van der Waals surface area contributed by atoms with Gasteiger partial charge in [-0.05, 0) is 49.2 Å². The smallest absolute Gasteiger partial charge is 0.246 e. The van der Waals surface area contributed by atoms with E-state index in [1.165, 1.54) is 16.9 Å². The van der Waals surface area contributed by atoms with Gasteiger partial charge in [-0.3, -0.25) is 4.79 Å². The van der Waals surface area contributed by atoms with Crippen LogP contribution in [0.3, 0.4) is 0 Å². The molecule has 0 bridgehead atoms. The summed E-state index contributed by atoms with van der Waals surface area (Å²) in [4.78, 5) is 16.1. The Morgan fingerprint density at radius 1 is 1.15 bits per heavy atom. The summed E-state index contributed by atoms with van der Waals surface area (Å²) in [5, 5.41) is 6.70. The highest BCUT2D eigenvalue weighted by molar-refractivity contribution is 7.09. The van der Waals surface area contributed by atoms with E-state index >= 15 is 0 Å². The van der Waals surface area contributed by atoms with Crippen LogP contribution in [0.2, 0.25) is 0 Å². The van der Waals surface area contributed by atoms with Crippen LogP contribution in [-0.4, -0.2) is 17.1 Å². The Labute approximate surface area is 162 Å². The highest BCUT2D eigenvalue weighted by Crippen LogP contribution is 2.14. The van der Waals surface area contributed by atoms with Crippen LogP contribution in [0.15, 0.2) is 59.0 Å². The maximum atomic E-state index is 11.8. The molecule has 0 aliphatic heterocycles. The topological polar surface area (TPSA) is 63.6 Å². The number of aromatic nitrogens is 1. The number of thiazole rings is 1. The van der Waals surface area contributed by atoms with Gasteiger partial charge in [0, 0.05) is 11.1 Å². The van der Waals surface area contributed by atoms with Crippen molar-refractivity contribution in [3.8, 4) is 5.75 Å². The van der Waals surface area contributed by atoms with Gasteiger partial charge >= 0.3 is 0 Å². The molecule has 0 saturated heterocycles. The van der Waals surface area contributed by atoms with Crippen LogP contribution < -0.4 is 10.2 Å². The van der Waals surface area contributed by atoms with Gasteiger partial charge in [0.2, 0.25) is 5.91 Å². The Balaban J connectivity index is 1.46. The first-order valence-corrected chi connectivity index (χ1v) is 9.48. The molecule has 1 amide bonds. The van der Waals surface area contributed by atoms with Crippen molar-refractivity contribution < 1.29 is 9.53 Å². The summed E-state index contributed by atoms with van der Waals surface area (Å²) in [5.41, 5.74) is 6.69. The molecule has 2 aromatic carbocycles. The monoisotopic (exact) mass is 379 g/mol. The van der Waals surface area contributed by atoms with Crippen LogP contribution in [0.4, 0.5) is 0 Å². The van der Waals surface area contributed by atoms with Gasteiger partial charge in [0.15, 0.2) is 0 Å². The van der Waals surface area contributed by atoms with Gasteiger partial charge in [0.1, 0.15) is 17.4 Å². The summed E-state index contributed by atoms with van der Waals surface area (Å²) in [5.74, 6) is 0.606. The Morgan fingerprint density at radius 2 is 1.89 bits per heavy atom. The van der Waals surface area contributed by atoms with Crippen LogP contribution in [0.5, 0.6) is 5.75 Å². The molecule has 0 aliphatic carbocycles. The number of ether oxygens (including phenoxy) is 1. The highest BCUT2D eigenvalue weighted by atomic mass is 32.1. The molecule has 1 heterocycles. The van der Waals surface area contributed by atoms with E-state index in [1.807, 2.05) is 36.6 Å². The van der Waals surface area contributed by atoms with Crippen LogP contribution >= 0.6 is 11.3 Å². The summed E-state index contributed by atoms with van der Waals surface area (Å²) in [6, 6.07) is 15.8. The molecule has 0 unspecified atom stereocenters. The normalized spacial score (nSPS) is 10.9. The summed E-state index contributed by atoms with van der Waals surface area (Å²) >= 11 is 1.48. The Morgan fingerprint density at radius 3 is 2.56 bits per heavy atom. The third-order valence-corrected chi connectivity index (χ3v) is 4.75. The zero-order valence-electron chi connectivity index (χ0n) is 15.3. The average Bonchev–Trinajstić information content (AvgIpc) is 3.07. The van der Waals surface area contributed by atoms with Crippen molar-refractivity contribution in [1.82, 2.24) is 10.4 Å². The summed E-state index contributed by atoms with van der Waals surface area (Å²) in [7, 11) is 0. The van der Waals surface area contributed by atoms with Gasteiger partial charge in [0.25, 0.3) is 0 Å². The number of carbonyl (C=O) groups excluding carboxylic acids is 1. The molecule has 0 spiro atoms. The number of nitrogens with zero attached hydrogens (tertiary/aromatic N) is 2. The van der Waals surface area contributed by atoms with E-state index in [0.717, 1.165) is 27.6 Å². The fourth-order valence-corrected chi connectivity index (χ4v) is 3.11. The third kappa shape index (κ3) is 6.04. The van der Waals surface area contributed by atoms with Crippen molar-refractivity contribution in [3.05, 3.63) is 81.3 Å². The van der Waals surface area contributed by atoms with E-state index in [-0.39, 0.29) is 12.3 Å². The van der Waals surface area contributed by atoms with E-state index in [2.05, 4.69) is 46.7 Å². The summed E-state index contributed by atoms with van der Waals surface area (Å²) in [6.45, 7) is 4.50. The number of aryl methyl sites for hydroxylation is 2. The largest absolute Gasteiger partial charge is 0.489 e. The average molecular weight is 379 g/mol. The molecule has 138 valence electrons. The molecular weight excluding hydrogens is 358 g/mol. The van der Waals surface area contributed by atoms with Crippen molar-refractivity contribution >= 4 is 23.5 Å². The first kappa shape index (κ1) is 18.8. The molecule has 0 saturated carbocycles. The number of hydrazone groups is 1. The predicted molar refractivity (Wildman–Crippen MR) is 108 cm³/mol. The zero-order chi connectivity index (χ0) is 19.1. The third-order valence-electron chi connectivity index (χ3n) is 3.79. The van der Waals surface area contributed by atoms with E-state index in [4.69, 9.17) is 4.74 Å². The lowest BCUT2D eigenvalue weighted by Crippen LogP contribution is -2.19. The number of amides is 1. The van der Waals surface area contributed by atoms with E-state index in [9.17, 15) is 4.79 Å². The first-order valence-electron chi connectivity index (χ1n) is 8.60. The molecule has 0 aliphatic rings. The number of nitrogens with one attached hydrogen (secondary N) is 1. The first-order chi connectivity index (χ1) is 13.1. The standard InChI is InChI=1S/C21H21N3O2S/c1-15-3-5-18(6-4-15)13-26-19-9-7-17(8-10-19)12-22-24-20(25)11-21-23-16(2)14-27-21/h3-10,12,14H,11,13H2,1-2H3,(H,24,25)/b22-12-. The Bertz CT molecular complexity index is 915. The molecule has 5 nitrogen and oxygen atoms in total. The second kappa shape index (κ2) is 9.09. The lowest BCUT2D eigenvalue weighted by Gasteiger charge is -2.06. The highest BCUT2D eigenvalue weighted by Gasteiger charge is 2.05. The molecule has 6 heteroatoms. The molecule has 0 radical (unpaired) electrons. The lowest BCUT2D eigenvalue weighted by atomic mass is 10.2. The van der Waals surface area contributed by atoms with Crippen molar-refractivity contribution in [2.24, 2.45) is 5.10 Å². The van der Waals surface area contributed by atoms with Gasteiger partial charge in [-0.1, -0.05) is 29.8 Å². The van der Waals surface area contributed by atoms with Gasteiger partial charge in [-0.25, -0.2) is 10.4 Å². The van der Waals surface area contributed by atoms with Crippen molar-refractivity contribution in [2.75, 3.05) is 0 Å². The number of rotatable bonds is 7. The molecule has 1 aromatic heterocycles. The minimum Gasteiger partial charge on any atom is -0.489 e. The summed E-state index contributed by atoms with van der Waals surface area (Å²) in [6.07, 6.45) is 1.84. The fraction of sp³-hybridized carbons (Fsp3) is 0.190. The van der Waals surface area contributed by atoms with Crippen LogP contribution in [0.25, 0.3) is 0 Å². The van der Waals surface area contributed by atoms with E-state index in [1.54, 1.807) is 6.21 Å². The Hall–Kier alpha value is -2.99. The van der Waals surface area contributed by atoms with Crippen LogP contribution in [0.1, 0.15) is 27.4 Å². The molecule has 27 heavy (non-hydrogen) atoms. The second-order valence-corrected chi connectivity index (χ2v) is 7.14. The number of hydrogen-bond donors (Lipinski definition) is 1. The van der Waals surface area contributed by atoms with Crippen molar-refractivity contribution in [1.29, 1.82) is 0 Å². The second-order valence-electron chi connectivity index (χ2n) is 6.20. The molecule has 3 aromatic rings. The Kier molecular flexibility index (Phi) is 6.33. The number of carbonyl (C=O) groups is 1. The van der Waals surface area contributed by atoms with Gasteiger partial charge in [-0.2, -0.15) is 5.10 Å². The van der Waals surface area contributed by atoms with E-state index in [0.29, 0.717) is 6.61 Å². The van der Waals surface area contributed by atoms with Crippen LogP contribution in [-0.2, 0) is 17.8 Å². The summed E-state index contributed by atoms with van der Waals surface area (Å²) < 4.78 is 5.78. The predicted octanol–water partition coefficient (Wildman–Crippen LogP) is 4.03. The quantitative estimate of drug-likeness (QED) is 0.498. The minimum absolute atomic E-state index is 0.182. The molecule has 3 rings (SSSR count). The minimum atomic E-state index is -0.182.